The second-order valence-corrected chi connectivity index (χ2v) is 11.1. The second-order valence-electron chi connectivity index (χ2n) is 11.1. The Morgan fingerprint density at radius 3 is 2.51 bits per heavy atom. The van der Waals surface area contributed by atoms with Gasteiger partial charge < -0.3 is 14.5 Å². The van der Waals surface area contributed by atoms with Crippen LogP contribution in [0.2, 0.25) is 0 Å². The van der Waals surface area contributed by atoms with Gasteiger partial charge in [-0.1, -0.05) is 36.4 Å². The number of rotatable bonds is 5. The minimum Gasteiger partial charge on any atom is -0.359 e. The van der Waals surface area contributed by atoms with Crippen LogP contribution in [0.3, 0.4) is 0 Å². The summed E-state index contributed by atoms with van der Waals surface area (Å²) in [5.41, 5.74) is 9.32. The Labute approximate surface area is 217 Å². The maximum Gasteiger partial charge on any atom is 0.225 e. The second kappa shape index (κ2) is 8.62. The van der Waals surface area contributed by atoms with Gasteiger partial charge in [-0.25, -0.2) is 4.98 Å². The number of nitrogens with one attached hydrogen (secondary N) is 1. The highest BCUT2D eigenvalue weighted by atomic mass is 16.2. The lowest BCUT2D eigenvalue weighted by atomic mass is 10.0. The molecule has 186 valence electrons. The molecule has 1 aliphatic heterocycles. The van der Waals surface area contributed by atoms with E-state index < -0.39 is 0 Å². The number of likely N-dealkylation sites (tertiary alicyclic amines) is 1. The third kappa shape index (κ3) is 4.12. The number of aromatic amines is 1. The lowest BCUT2D eigenvalue weighted by Gasteiger charge is -2.18. The predicted octanol–water partition coefficient (Wildman–Crippen LogP) is 6.73. The highest BCUT2D eigenvalue weighted by molar-refractivity contribution is 5.86. The molecule has 5 nitrogen and oxygen atoms in total. The van der Waals surface area contributed by atoms with Crippen molar-refractivity contribution in [1.82, 2.24) is 19.4 Å². The van der Waals surface area contributed by atoms with Gasteiger partial charge in [-0.15, -0.1) is 0 Å². The average molecular weight is 489 g/mol. The molecule has 1 aliphatic carbocycles. The Morgan fingerprint density at radius 1 is 0.919 bits per heavy atom. The van der Waals surface area contributed by atoms with Crippen LogP contribution in [0.1, 0.15) is 30.5 Å². The maximum atomic E-state index is 12.6. The van der Waals surface area contributed by atoms with Crippen molar-refractivity contribution in [3.8, 4) is 22.5 Å². The standard InChI is InChI=1S/C32H32N4O/c1-20-3-12-30-29(15-20)34-31(36(30)19-22-13-14-35(18-22)32(37)25-8-9-25)24-6-4-23(5-7-24)26-10-11-28-27(17-26)16-21(2)33-28/h3-7,10-12,15-17,22,25,33H,8-9,13-14,18-19H2,1-2H3/t22-/m1/s1. The molecule has 2 aromatic heterocycles. The Kier molecular flexibility index (Phi) is 5.20. The molecule has 3 heterocycles. The number of imidazole rings is 1. The van der Waals surface area contributed by atoms with E-state index in [1.807, 2.05) is 0 Å². The number of H-pyrrole nitrogens is 1. The molecule has 0 spiro atoms. The van der Waals surface area contributed by atoms with Crippen molar-refractivity contribution >= 4 is 27.8 Å². The lowest BCUT2D eigenvalue weighted by Crippen LogP contribution is -2.30. The smallest absolute Gasteiger partial charge is 0.225 e. The molecule has 1 saturated carbocycles. The van der Waals surface area contributed by atoms with Crippen LogP contribution in [0.25, 0.3) is 44.5 Å². The molecule has 5 heteroatoms. The number of nitrogens with zero attached hydrogens (tertiary/aromatic N) is 3. The van der Waals surface area contributed by atoms with Crippen molar-refractivity contribution in [2.75, 3.05) is 13.1 Å². The number of hydrogen-bond acceptors (Lipinski definition) is 2. The fraction of sp³-hybridized carbons (Fsp3) is 0.312. The Morgan fingerprint density at radius 2 is 1.70 bits per heavy atom. The Balaban J connectivity index is 1.21. The van der Waals surface area contributed by atoms with Crippen molar-refractivity contribution in [2.24, 2.45) is 11.8 Å². The molecule has 5 aromatic rings. The van der Waals surface area contributed by atoms with E-state index in [-0.39, 0.29) is 0 Å². The van der Waals surface area contributed by atoms with Gasteiger partial charge in [0.25, 0.3) is 0 Å². The summed E-state index contributed by atoms with van der Waals surface area (Å²) >= 11 is 0. The monoisotopic (exact) mass is 488 g/mol. The normalized spacial score (nSPS) is 17.8. The van der Waals surface area contributed by atoms with Crippen LogP contribution >= 0.6 is 0 Å². The first kappa shape index (κ1) is 22.3. The van der Waals surface area contributed by atoms with Crippen LogP contribution in [0, 0.1) is 25.7 Å². The van der Waals surface area contributed by atoms with Crippen LogP contribution in [-0.2, 0) is 11.3 Å². The van der Waals surface area contributed by atoms with Crippen LogP contribution in [0.4, 0.5) is 0 Å². The minimum atomic E-state index is 0.298. The third-order valence-electron chi connectivity index (χ3n) is 8.10. The van der Waals surface area contributed by atoms with Gasteiger partial charge in [-0.2, -0.15) is 0 Å². The van der Waals surface area contributed by atoms with Gasteiger partial charge in [0.2, 0.25) is 5.91 Å². The number of amides is 1. The lowest BCUT2D eigenvalue weighted by molar-refractivity contribution is -0.131. The molecule has 1 atom stereocenters. The largest absolute Gasteiger partial charge is 0.359 e. The van der Waals surface area contributed by atoms with E-state index in [2.05, 4.69) is 95.0 Å². The maximum absolute atomic E-state index is 12.6. The zero-order valence-corrected chi connectivity index (χ0v) is 21.5. The fourth-order valence-electron chi connectivity index (χ4n) is 5.94. The van der Waals surface area contributed by atoms with Gasteiger partial charge in [0.1, 0.15) is 5.82 Å². The number of carbonyl (C=O) groups is 1. The number of benzene rings is 3. The molecule has 1 N–H and O–H groups in total. The van der Waals surface area contributed by atoms with E-state index in [4.69, 9.17) is 4.98 Å². The summed E-state index contributed by atoms with van der Waals surface area (Å²) in [5, 5.41) is 1.24. The minimum absolute atomic E-state index is 0.298. The summed E-state index contributed by atoms with van der Waals surface area (Å²) in [4.78, 5) is 23.2. The quantitative estimate of drug-likeness (QED) is 0.298. The predicted molar refractivity (Wildman–Crippen MR) is 149 cm³/mol. The first-order valence-electron chi connectivity index (χ1n) is 13.5. The SMILES string of the molecule is Cc1ccc2c(c1)nc(-c1ccc(-c3ccc4[nH]c(C)cc4c3)cc1)n2C[C@@H]1CCN(C(=O)C2CC2)C1. The molecule has 2 aliphatic rings. The number of aromatic nitrogens is 3. The first-order chi connectivity index (χ1) is 18.0. The number of aryl methyl sites for hydroxylation is 2. The highest BCUT2D eigenvalue weighted by Crippen LogP contribution is 2.35. The summed E-state index contributed by atoms with van der Waals surface area (Å²) in [6, 6.07) is 24.1. The van der Waals surface area contributed by atoms with Crippen LogP contribution in [-0.4, -0.2) is 38.4 Å². The molecule has 0 unspecified atom stereocenters. The van der Waals surface area contributed by atoms with Crippen LogP contribution in [0.15, 0.2) is 66.7 Å². The molecule has 0 bridgehead atoms. The molecular weight excluding hydrogens is 456 g/mol. The summed E-state index contributed by atoms with van der Waals surface area (Å²) in [7, 11) is 0. The molecule has 37 heavy (non-hydrogen) atoms. The van der Waals surface area contributed by atoms with E-state index in [0.29, 0.717) is 17.7 Å². The van der Waals surface area contributed by atoms with Gasteiger partial charge in [0, 0.05) is 47.7 Å². The van der Waals surface area contributed by atoms with Gasteiger partial charge in [-0.05, 0) is 86.1 Å². The van der Waals surface area contributed by atoms with Gasteiger partial charge in [0.05, 0.1) is 11.0 Å². The summed E-state index contributed by atoms with van der Waals surface area (Å²) < 4.78 is 2.38. The van der Waals surface area contributed by atoms with E-state index in [0.717, 1.165) is 55.8 Å². The van der Waals surface area contributed by atoms with Crippen LogP contribution in [0.5, 0.6) is 0 Å². The first-order valence-corrected chi connectivity index (χ1v) is 13.5. The number of fused-ring (bicyclic) bond motifs is 2. The number of hydrogen-bond donors (Lipinski definition) is 1. The summed E-state index contributed by atoms with van der Waals surface area (Å²) in [6.45, 7) is 6.85. The highest BCUT2D eigenvalue weighted by Gasteiger charge is 2.36. The third-order valence-corrected chi connectivity index (χ3v) is 8.10. The Bertz CT molecular complexity index is 1640. The van der Waals surface area contributed by atoms with E-state index >= 15 is 0 Å². The summed E-state index contributed by atoms with van der Waals surface area (Å²) in [5.74, 6) is 2.14. The van der Waals surface area contributed by atoms with Crippen LogP contribution < -0.4 is 0 Å². The molecule has 2 fully saturated rings. The molecule has 1 saturated heterocycles. The van der Waals surface area contributed by atoms with Gasteiger partial charge in [-0.3, -0.25) is 4.79 Å². The zero-order valence-electron chi connectivity index (χ0n) is 21.5. The Hall–Kier alpha value is -3.86. The van der Waals surface area contributed by atoms with Crippen molar-refractivity contribution in [3.05, 3.63) is 78.0 Å². The average Bonchev–Trinajstić information content (AvgIpc) is 3.37. The fourth-order valence-corrected chi connectivity index (χ4v) is 5.94. The van der Waals surface area contributed by atoms with Crippen molar-refractivity contribution in [3.63, 3.8) is 0 Å². The van der Waals surface area contributed by atoms with Gasteiger partial charge in [0.15, 0.2) is 0 Å². The van der Waals surface area contributed by atoms with Gasteiger partial charge >= 0.3 is 0 Å². The molecule has 7 rings (SSSR count). The molecular formula is C32H32N4O. The zero-order chi connectivity index (χ0) is 25.1. The molecule has 3 aromatic carbocycles. The van der Waals surface area contributed by atoms with E-state index in [1.165, 1.54) is 38.8 Å². The molecule has 0 radical (unpaired) electrons. The molecule has 1 amide bonds. The summed E-state index contributed by atoms with van der Waals surface area (Å²) in [6.07, 6.45) is 3.21. The van der Waals surface area contributed by atoms with Crippen molar-refractivity contribution < 1.29 is 4.79 Å². The van der Waals surface area contributed by atoms with Crippen molar-refractivity contribution in [1.29, 1.82) is 0 Å². The number of carbonyl (C=O) groups excluding carboxylic acids is 1. The van der Waals surface area contributed by atoms with E-state index in [9.17, 15) is 4.79 Å². The van der Waals surface area contributed by atoms with E-state index in [1.54, 1.807) is 0 Å². The van der Waals surface area contributed by atoms with Crippen molar-refractivity contribution in [2.45, 2.75) is 39.7 Å². The topological polar surface area (TPSA) is 53.9 Å².